The first-order valence-corrected chi connectivity index (χ1v) is 7.21. The topological polar surface area (TPSA) is 38.3 Å². The van der Waals surface area contributed by atoms with Crippen LogP contribution in [-0.4, -0.2) is 12.0 Å². The molecule has 1 N–H and O–H groups in total. The molecule has 5 heteroatoms. The van der Waals surface area contributed by atoms with Crippen LogP contribution in [0.3, 0.4) is 0 Å². The molecule has 0 bridgehead atoms. The first-order valence-electron chi connectivity index (χ1n) is 6.04. The van der Waals surface area contributed by atoms with Gasteiger partial charge in [0.1, 0.15) is 5.75 Å². The molecule has 20 heavy (non-hydrogen) atoms. The fourth-order valence-electron chi connectivity index (χ4n) is 1.57. The number of amides is 1. The molecule has 0 saturated carbocycles. The number of halogens is 2. The number of benzene rings is 2. The van der Waals surface area contributed by atoms with Gasteiger partial charge in [-0.05, 0) is 43.3 Å². The van der Waals surface area contributed by atoms with Gasteiger partial charge in [0.25, 0.3) is 5.91 Å². The number of hydrogen-bond donors (Lipinski definition) is 1. The largest absolute Gasteiger partial charge is 0.481 e. The summed E-state index contributed by atoms with van der Waals surface area (Å²) in [6.45, 7) is 1.69. The number of rotatable bonds is 4. The molecule has 0 aliphatic rings. The van der Waals surface area contributed by atoms with Crippen molar-refractivity contribution in [2.24, 2.45) is 0 Å². The molecule has 0 saturated heterocycles. The Morgan fingerprint density at radius 3 is 2.50 bits per heavy atom. The Morgan fingerprint density at radius 2 is 1.85 bits per heavy atom. The summed E-state index contributed by atoms with van der Waals surface area (Å²) in [4.78, 5) is 12.0. The minimum atomic E-state index is -0.618. The number of ether oxygens (including phenoxy) is 1. The van der Waals surface area contributed by atoms with E-state index in [9.17, 15) is 4.79 Å². The molecule has 104 valence electrons. The highest BCUT2D eigenvalue weighted by molar-refractivity contribution is 9.10. The van der Waals surface area contributed by atoms with Crippen molar-refractivity contribution in [3.8, 4) is 5.75 Å². The van der Waals surface area contributed by atoms with Gasteiger partial charge in [0.05, 0.1) is 10.7 Å². The van der Waals surface area contributed by atoms with E-state index in [-0.39, 0.29) is 5.91 Å². The molecule has 1 atom stereocenters. The van der Waals surface area contributed by atoms with Crippen molar-refractivity contribution < 1.29 is 9.53 Å². The minimum Gasteiger partial charge on any atom is -0.481 e. The summed E-state index contributed by atoms with van der Waals surface area (Å²) in [6.07, 6.45) is -0.618. The van der Waals surface area contributed by atoms with E-state index in [1.54, 1.807) is 37.3 Å². The van der Waals surface area contributed by atoms with Crippen molar-refractivity contribution in [3.63, 3.8) is 0 Å². The summed E-state index contributed by atoms with van der Waals surface area (Å²) in [5.41, 5.74) is 0.574. The molecule has 0 radical (unpaired) electrons. The van der Waals surface area contributed by atoms with Gasteiger partial charge >= 0.3 is 0 Å². The quantitative estimate of drug-likeness (QED) is 0.877. The third kappa shape index (κ3) is 3.99. The molecule has 0 aliphatic heterocycles. The van der Waals surface area contributed by atoms with Crippen molar-refractivity contribution in [1.29, 1.82) is 0 Å². The lowest BCUT2D eigenvalue weighted by molar-refractivity contribution is -0.122. The highest BCUT2D eigenvalue weighted by Crippen LogP contribution is 2.21. The maximum Gasteiger partial charge on any atom is 0.265 e. The van der Waals surface area contributed by atoms with Gasteiger partial charge in [0.15, 0.2) is 6.10 Å². The number of hydrogen-bond acceptors (Lipinski definition) is 2. The van der Waals surface area contributed by atoms with Crippen molar-refractivity contribution in [3.05, 3.63) is 58.0 Å². The normalized spacial score (nSPS) is 11.8. The van der Waals surface area contributed by atoms with E-state index in [2.05, 4.69) is 21.2 Å². The molecule has 3 nitrogen and oxygen atoms in total. The number of nitrogens with one attached hydrogen (secondary N) is 1. The number of anilines is 1. The third-order valence-corrected chi connectivity index (χ3v) is 3.49. The molecule has 2 aromatic rings. The van der Waals surface area contributed by atoms with Crippen LogP contribution in [0.4, 0.5) is 5.69 Å². The summed E-state index contributed by atoms with van der Waals surface area (Å²) in [7, 11) is 0. The minimum absolute atomic E-state index is 0.249. The predicted molar refractivity (Wildman–Crippen MR) is 84.3 cm³/mol. The fraction of sp³-hybridized carbons (Fsp3) is 0.133. The number of carbonyl (C=O) groups excluding carboxylic acids is 1. The van der Waals surface area contributed by atoms with Crippen LogP contribution in [0.15, 0.2) is 53.0 Å². The zero-order valence-electron chi connectivity index (χ0n) is 10.8. The van der Waals surface area contributed by atoms with E-state index >= 15 is 0 Å². The third-order valence-electron chi connectivity index (χ3n) is 2.63. The first kappa shape index (κ1) is 14.9. The Kier molecular flexibility index (Phi) is 5.04. The lowest BCUT2D eigenvalue weighted by Gasteiger charge is -2.15. The zero-order valence-corrected chi connectivity index (χ0v) is 13.1. The van der Waals surface area contributed by atoms with Crippen LogP contribution >= 0.6 is 27.5 Å². The standard InChI is InChI=1S/C15H13BrClNO2/c1-10(20-12-8-6-11(16)7-9-12)15(19)18-14-5-3-2-4-13(14)17/h2-10H,1H3,(H,18,19)/t10-/m1/s1. The Balaban J connectivity index is 1.99. The van der Waals surface area contributed by atoms with Gasteiger partial charge in [-0.1, -0.05) is 39.7 Å². The van der Waals surface area contributed by atoms with Gasteiger partial charge in [-0.3, -0.25) is 4.79 Å². The van der Waals surface area contributed by atoms with Crippen LogP contribution in [0.1, 0.15) is 6.92 Å². The summed E-state index contributed by atoms with van der Waals surface area (Å²) in [5.74, 6) is 0.385. The summed E-state index contributed by atoms with van der Waals surface area (Å²) in [5, 5.41) is 3.23. The van der Waals surface area contributed by atoms with Gasteiger partial charge in [0.2, 0.25) is 0 Å². The number of para-hydroxylation sites is 1. The SMILES string of the molecule is C[C@@H](Oc1ccc(Br)cc1)C(=O)Nc1ccccc1Cl. The van der Waals surface area contributed by atoms with Gasteiger partial charge in [0, 0.05) is 4.47 Å². The van der Waals surface area contributed by atoms with Crippen molar-refractivity contribution in [2.45, 2.75) is 13.0 Å². The monoisotopic (exact) mass is 353 g/mol. The second-order valence-corrected chi connectivity index (χ2v) is 5.51. The van der Waals surface area contributed by atoms with E-state index < -0.39 is 6.10 Å². The molecule has 0 heterocycles. The number of carbonyl (C=O) groups is 1. The van der Waals surface area contributed by atoms with Crippen molar-refractivity contribution in [2.75, 3.05) is 5.32 Å². The molecule has 0 aromatic heterocycles. The second kappa shape index (κ2) is 6.77. The molecular formula is C15H13BrClNO2. The summed E-state index contributed by atoms with van der Waals surface area (Å²) < 4.78 is 6.52. The molecule has 0 unspecified atom stereocenters. The molecule has 1 amide bonds. The van der Waals surface area contributed by atoms with Crippen molar-refractivity contribution in [1.82, 2.24) is 0 Å². The lowest BCUT2D eigenvalue weighted by atomic mass is 10.3. The van der Waals surface area contributed by atoms with Gasteiger partial charge in [-0.25, -0.2) is 0 Å². The average Bonchev–Trinajstić information content (AvgIpc) is 2.44. The first-order chi connectivity index (χ1) is 9.56. The molecule has 2 rings (SSSR count). The van der Waals surface area contributed by atoms with Crippen LogP contribution in [0.5, 0.6) is 5.75 Å². The fourth-order valence-corrected chi connectivity index (χ4v) is 2.02. The lowest BCUT2D eigenvalue weighted by Crippen LogP contribution is -2.30. The maximum absolute atomic E-state index is 12.0. The summed E-state index contributed by atoms with van der Waals surface area (Å²) >= 11 is 9.33. The maximum atomic E-state index is 12.0. The van der Waals surface area contributed by atoms with E-state index in [0.717, 1.165) is 4.47 Å². The molecular weight excluding hydrogens is 342 g/mol. The average molecular weight is 355 g/mol. The van der Waals surface area contributed by atoms with E-state index in [1.165, 1.54) is 0 Å². The molecule has 2 aromatic carbocycles. The summed E-state index contributed by atoms with van der Waals surface area (Å²) in [6, 6.07) is 14.4. The highest BCUT2D eigenvalue weighted by atomic mass is 79.9. The van der Waals surface area contributed by atoms with Crippen LogP contribution < -0.4 is 10.1 Å². The van der Waals surface area contributed by atoms with Gasteiger partial charge in [-0.2, -0.15) is 0 Å². The molecule has 0 fully saturated rings. The Morgan fingerprint density at radius 1 is 1.20 bits per heavy atom. The van der Waals surface area contributed by atoms with Crippen LogP contribution in [0.2, 0.25) is 5.02 Å². The smallest absolute Gasteiger partial charge is 0.265 e. The van der Waals surface area contributed by atoms with E-state index in [0.29, 0.717) is 16.5 Å². The van der Waals surface area contributed by atoms with Crippen molar-refractivity contribution >= 4 is 39.1 Å². The van der Waals surface area contributed by atoms with E-state index in [4.69, 9.17) is 16.3 Å². The second-order valence-electron chi connectivity index (χ2n) is 4.18. The Bertz CT molecular complexity index is 601. The van der Waals surface area contributed by atoms with Gasteiger partial charge in [-0.15, -0.1) is 0 Å². The molecule has 0 spiro atoms. The van der Waals surface area contributed by atoms with Crippen LogP contribution in [0.25, 0.3) is 0 Å². The Labute approximate surface area is 131 Å². The molecule has 0 aliphatic carbocycles. The Hall–Kier alpha value is -1.52. The van der Waals surface area contributed by atoms with Crippen LogP contribution in [-0.2, 0) is 4.79 Å². The van der Waals surface area contributed by atoms with Crippen LogP contribution in [0, 0.1) is 0 Å². The highest BCUT2D eigenvalue weighted by Gasteiger charge is 2.15. The zero-order chi connectivity index (χ0) is 14.5. The van der Waals surface area contributed by atoms with Gasteiger partial charge < -0.3 is 10.1 Å². The predicted octanol–water partition coefficient (Wildman–Crippen LogP) is 4.51. The van der Waals surface area contributed by atoms with E-state index in [1.807, 2.05) is 18.2 Å².